The molecular formula is C12H19N3O. The molecule has 0 aliphatic heterocycles. The minimum Gasteiger partial charge on any atom is -0.480 e. The lowest BCUT2D eigenvalue weighted by molar-refractivity contribution is 0.388. The van der Waals surface area contributed by atoms with E-state index in [0.717, 1.165) is 25.1 Å². The first kappa shape index (κ1) is 12.6. The number of allylic oxidation sites excluding steroid dienone is 1. The maximum atomic E-state index is 4.98. The first-order chi connectivity index (χ1) is 7.81. The molecule has 0 aliphatic carbocycles. The fourth-order valence-corrected chi connectivity index (χ4v) is 1.51. The minimum atomic E-state index is 0.237. The van der Waals surface area contributed by atoms with Gasteiger partial charge in [0, 0.05) is 6.07 Å². The van der Waals surface area contributed by atoms with Crippen LogP contribution in [0.4, 0.5) is 0 Å². The summed E-state index contributed by atoms with van der Waals surface area (Å²) < 4.78 is 4.98. The van der Waals surface area contributed by atoms with E-state index >= 15 is 0 Å². The Bertz CT molecular complexity index is 311. The van der Waals surface area contributed by atoms with Gasteiger partial charge in [-0.15, -0.1) is 11.7 Å². The van der Waals surface area contributed by atoms with Gasteiger partial charge in [0.05, 0.1) is 18.8 Å². The predicted octanol–water partition coefficient (Wildman–Crippen LogP) is 2.10. The van der Waals surface area contributed by atoms with E-state index in [-0.39, 0.29) is 6.04 Å². The van der Waals surface area contributed by atoms with E-state index in [1.54, 1.807) is 7.11 Å². The molecule has 0 amide bonds. The van der Waals surface area contributed by atoms with Crippen LogP contribution in [0, 0.1) is 0 Å². The van der Waals surface area contributed by atoms with Crippen LogP contribution >= 0.6 is 0 Å². The Hall–Kier alpha value is -1.42. The van der Waals surface area contributed by atoms with Crippen LogP contribution in [0.3, 0.4) is 0 Å². The van der Waals surface area contributed by atoms with Crippen LogP contribution in [-0.4, -0.2) is 23.9 Å². The van der Waals surface area contributed by atoms with Gasteiger partial charge in [-0.2, -0.15) is 5.10 Å². The Kier molecular flexibility index (Phi) is 5.50. The molecule has 0 spiro atoms. The second-order valence-corrected chi connectivity index (χ2v) is 3.48. The lowest BCUT2D eigenvalue weighted by atomic mass is 10.1. The molecule has 0 bridgehead atoms. The van der Waals surface area contributed by atoms with E-state index in [1.165, 1.54) is 0 Å². The zero-order valence-corrected chi connectivity index (χ0v) is 9.94. The van der Waals surface area contributed by atoms with Gasteiger partial charge in [-0.05, 0) is 25.5 Å². The number of hydrogen-bond donors (Lipinski definition) is 1. The SMILES string of the molecule is C=CCCC(NCC)c1ccc(OC)nn1. The van der Waals surface area contributed by atoms with Gasteiger partial charge in [0.15, 0.2) is 0 Å². The van der Waals surface area contributed by atoms with Crippen LogP contribution < -0.4 is 10.1 Å². The molecule has 1 aromatic heterocycles. The Morgan fingerprint density at radius 3 is 2.81 bits per heavy atom. The monoisotopic (exact) mass is 221 g/mol. The van der Waals surface area contributed by atoms with Crippen molar-refractivity contribution in [3.05, 3.63) is 30.5 Å². The summed E-state index contributed by atoms with van der Waals surface area (Å²) in [5.41, 5.74) is 0.949. The molecule has 88 valence electrons. The van der Waals surface area contributed by atoms with Crippen LogP contribution in [0.2, 0.25) is 0 Å². The molecule has 0 saturated carbocycles. The van der Waals surface area contributed by atoms with E-state index in [9.17, 15) is 0 Å². The van der Waals surface area contributed by atoms with Gasteiger partial charge in [0.25, 0.3) is 0 Å². The average Bonchev–Trinajstić information content (AvgIpc) is 2.35. The highest BCUT2D eigenvalue weighted by molar-refractivity contribution is 5.14. The lowest BCUT2D eigenvalue weighted by Crippen LogP contribution is -2.22. The molecule has 1 heterocycles. The summed E-state index contributed by atoms with van der Waals surface area (Å²) in [5.74, 6) is 0.544. The highest BCUT2D eigenvalue weighted by Gasteiger charge is 2.11. The maximum absolute atomic E-state index is 4.98. The third-order valence-corrected chi connectivity index (χ3v) is 2.34. The van der Waals surface area contributed by atoms with Crippen molar-refractivity contribution in [2.75, 3.05) is 13.7 Å². The minimum absolute atomic E-state index is 0.237. The molecular weight excluding hydrogens is 202 g/mol. The summed E-state index contributed by atoms with van der Waals surface area (Å²) in [7, 11) is 1.59. The molecule has 0 fully saturated rings. The molecule has 0 aliphatic rings. The van der Waals surface area contributed by atoms with Crippen molar-refractivity contribution < 1.29 is 4.74 Å². The molecule has 0 saturated heterocycles. The smallest absolute Gasteiger partial charge is 0.233 e. The van der Waals surface area contributed by atoms with Gasteiger partial charge >= 0.3 is 0 Å². The molecule has 4 heteroatoms. The van der Waals surface area contributed by atoms with Gasteiger partial charge in [0.2, 0.25) is 5.88 Å². The Labute approximate surface area is 96.7 Å². The van der Waals surface area contributed by atoms with Crippen LogP contribution in [0.5, 0.6) is 5.88 Å². The zero-order chi connectivity index (χ0) is 11.8. The number of methoxy groups -OCH3 is 1. The summed E-state index contributed by atoms with van der Waals surface area (Å²) in [5, 5.41) is 11.5. The van der Waals surface area contributed by atoms with Crippen LogP contribution in [0.15, 0.2) is 24.8 Å². The fourth-order valence-electron chi connectivity index (χ4n) is 1.51. The number of nitrogens with zero attached hydrogens (tertiary/aromatic N) is 2. The summed E-state index contributed by atoms with van der Waals surface area (Å²) in [6.45, 7) is 6.72. The van der Waals surface area contributed by atoms with Crippen molar-refractivity contribution in [3.63, 3.8) is 0 Å². The number of nitrogens with one attached hydrogen (secondary N) is 1. The summed E-state index contributed by atoms with van der Waals surface area (Å²) >= 11 is 0. The second kappa shape index (κ2) is 6.95. The summed E-state index contributed by atoms with van der Waals surface area (Å²) in [6.07, 6.45) is 3.87. The topological polar surface area (TPSA) is 47.0 Å². The highest BCUT2D eigenvalue weighted by Crippen LogP contribution is 2.17. The quantitative estimate of drug-likeness (QED) is 0.716. The van der Waals surface area contributed by atoms with Crippen molar-refractivity contribution >= 4 is 0 Å². The van der Waals surface area contributed by atoms with Gasteiger partial charge in [0.1, 0.15) is 0 Å². The molecule has 1 atom stereocenters. The van der Waals surface area contributed by atoms with E-state index in [2.05, 4.69) is 29.0 Å². The Morgan fingerprint density at radius 1 is 1.50 bits per heavy atom. The van der Waals surface area contributed by atoms with Crippen molar-refractivity contribution in [2.45, 2.75) is 25.8 Å². The van der Waals surface area contributed by atoms with Gasteiger partial charge in [-0.25, -0.2) is 0 Å². The molecule has 4 nitrogen and oxygen atoms in total. The molecule has 1 unspecified atom stereocenters. The average molecular weight is 221 g/mol. The summed E-state index contributed by atoms with van der Waals surface area (Å²) in [4.78, 5) is 0. The number of rotatable bonds is 7. The molecule has 1 aromatic rings. The molecule has 0 radical (unpaired) electrons. The van der Waals surface area contributed by atoms with Crippen LogP contribution in [0.25, 0.3) is 0 Å². The predicted molar refractivity (Wildman–Crippen MR) is 64.4 cm³/mol. The normalized spacial score (nSPS) is 12.1. The first-order valence-electron chi connectivity index (χ1n) is 5.53. The fraction of sp³-hybridized carbons (Fsp3) is 0.500. The highest BCUT2D eigenvalue weighted by atomic mass is 16.5. The van der Waals surface area contributed by atoms with E-state index < -0.39 is 0 Å². The van der Waals surface area contributed by atoms with Crippen LogP contribution in [0.1, 0.15) is 31.5 Å². The Balaban J connectivity index is 2.70. The molecule has 1 N–H and O–H groups in total. The summed E-state index contributed by atoms with van der Waals surface area (Å²) in [6, 6.07) is 4.02. The third-order valence-electron chi connectivity index (χ3n) is 2.34. The third kappa shape index (κ3) is 3.62. The second-order valence-electron chi connectivity index (χ2n) is 3.48. The van der Waals surface area contributed by atoms with Gasteiger partial charge in [-0.3, -0.25) is 0 Å². The number of hydrogen-bond acceptors (Lipinski definition) is 4. The molecule has 16 heavy (non-hydrogen) atoms. The van der Waals surface area contributed by atoms with Crippen molar-refractivity contribution in [3.8, 4) is 5.88 Å². The maximum Gasteiger partial charge on any atom is 0.233 e. The van der Waals surface area contributed by atoms with Crippen LogP contribution in [-0.2, 0) is 0 Å². The van der Waals surface area contributed by atoms with Crippen molar-refractivity contribution in [1.82, 2.24) is 15.5 Å². The van der Waals surface area contributed by atoms with Gasteiger partial charge < -0.3 is 10.1 Å². The standard InChI is InChI=1S/C12H19N3O/c1-4-6-7-10(13-5-2)11-8-9-12(16-3)15-14-11/h4,8-10,13H,1,5-7H2,2-3H3. The van der Waals surface area contributed by atoms with E-state index in [4.69, 9.17) is 4.74 Å². The van der Waals surface area contributed by atoms with E-state index in [1.807, 2.05) is 18.2 Å². The van der Waals surface area contributed by atoms with Crippen molar-refractivity contribution in [1.29, 1.82) is 0 Å². The largest absolute Gasteiger partial charge is 0.480 e. The first-order valence-corrected chi connectivity index (χ1v) is 5.53. The number of ether oxygens (including phenoxy) is 1. The lowest BCUT2D eigenvalue weighted by Gasteiger charge is -2.15. The van der Waals surface area contributed by atoms with E-state index in [0.29, 0.717) is 5.88 Å². The molecule has 0 aromatic carbocycles. The van der Waals surface area contributed by atoms with Gasteiger partial charge in [-0.1, -0.05) is 13.0 Å². The Morgan fingerprint density at radius 2 is 2.31 bits per heavy atom. The van der Waals surface area contributed by atoms with Crippen molar-refractivity contribution in [2.24, 2.45) is 0 Å². The number of aromatic nitrogens is 2. The zero-order valence-electron chi connectivity index (χ0n) is 9.94. The molecule has 1 rings (SSSR count).